The summed E-state index contributed by atoms with van der Waals surface area (Å²) in [6, 6.07) is 13.3. The van der Waals surface area contributed by atoms with Gasteiger partial charge >= 0.3 is 5.97 Å². The monoisotopic (exact) mass is 383 g/mol. The number of rotatable bonds is 8. The molecule has 0 N–H and O–H groups in total. The van der Waals surface area contributed by atoms with Gasteiger partial charge in [-0.05, 0) is 36.4 Å². The summed E-state index contributed by atoms with van der Waals surface area (Å²) in [5.74, 6) is 0.151. The molecule has 0 atom stereocenters. The summed E-state index contributed by atoms with van der Waals surface area (Å²) in [7, 11) is 1.48. The van der Waals surface area contributed by atoms with Crippen LogP contribution >= 0.6 is 11.3 Å². The van der Waals surface area contributed by atoms with Crippen LogP contribution < -0.4 is 9.47 Å². The van der Waals surface area contributed by atoms with E-state index in [-0.39, 0.29) is 12.4 Å². The zero-order valence-corrected chi connectivity index (χ0v) is 15.4. The van der Waals surface area contributed by atoms with E-state index in [2.05, 4.69) is 4.98 Å². The third-order valence-electron chi connectivity index (χ3n) is 3.70. The summed E-state index contributed by atoms with van der Waals surface area (Å²) >= 11 is 1.50. The van der Waals surface area contributed by atoms with E-state index in [1.807, 2.05) is 5.38 Å². The quantitative estimate of drug-likeness (QED) is 0.435. The molecule has 2 aromatic carbocycles. The van der Waals surface area contributed by atoms with Gasteiger partial charge in [-0.3, -0.25) is 4.79 Å². The Labute approximate surface area is 160 Å². The van der Waals surface area contributed by atoms with Crippen molar-refractivity contribution in [2.75, 3.05) is 13.7 Å². The number of hydrogen-bond donors (Lipinski definition) is 0. The lowest BCUT2D eigenvalue weighted by molar-refractivity contribution is 0.0474. The number of esters is 1. The number of aromatic nitrogens is 1. The van der Waals surface area contributed by atoms with Crippen molar-refractivity contribution < 1.29 is 23.8 Å². The second-order valence-corrected chi connectivity index (χ2v) is 6.21. The molecule has 7 heteroatoms. The van der Waals surface area contributed by atoms with E-state index in [0.29, 0.717) is 29.2 Å². The number of nitrogens with zero attached hydrogens (tertiary/aromatic N) is 1. The Morgan fingerprint density at radius 1 is 1.07 bits per heavy atom. The Bertz CT molecular complexity index is 906. The van der Waals surface area contributed by atoms with Crippen molar-refractivity contribution >= 4 is 23.1 Å². The van der Waals surface area contributed by atoms with Gasteiger partial charge in [-0.25, -0.2) is 9.78 Å². The maximum Gasteiger partial charge on any atom is 0.338 e. The molecule has 138 valence electrons. The molecule has 0 saturated carbocycles. The topological polar surface area (TPSA) is 74.7 Å². The molecule has 1 heterocycles. The molecule has 3 rings (SSSR count). The lowest BCUT2D eigenvalue weighted by atomic mass is 10.1. The standard InChI is InChI=1S/C20H17NO5S/c1-24-19-5-3-2-4-17(19)18(22)11-26-20(23)14-6-8-16(9-7-14)25-10-15-12-27-13-21-15/h2-9,12-13H,10-11H2,1H3. The molecular formula is C20H17NO5S. The number of thiazole rings is 1. The van der Waals surface area contributed by atoms with E-state index in [0.717, 1.165) is 5.69 Å². The van der Waals surface area contributed by atoms with Crippen LogP contribution in [-0.4, -0.2) is 30.5 Å². The number of carbonyl (C=O) groups excluding carboxylic acids is 2. The minimum Gasteiger partial charge on any atom is -0.496 e. The fourth-order valence-electron chi connectivity index (χ4n) is 2.32. The average Bonchev–Trinajstić information content (AvgIpc) is 3.24. The largest absolute Gasteiger partial charge is 0.496 e. The number of ketones is 1. The van der Waals surface area contributed by atoms with Crippen molar-refractivity contribution in [1.82, 2.24) is 4.98 Å². The van der Waals surface area contributed by atoms with Gasteiger partial charge in [-0.1, -0.05) is 12.1 Å². The van der Waals surface area contributed by atoms with Gasteiger partial charge in [-0.15, -0.1) is 11.3 Å². The number of para-hydroxylation sites is 1. The van der Waals surface area contributed by atoms with Gasteiger partial charge in [0.25, 0.3) is 0 Å². The Balaban J connectivity index is 1.54. The highest BCUT2D eigenvalue weighted by Gasteiger charge is 2.15. The molecule has 3 aromatic rings. The minimum absolute atomic E-state index is 0.330. The maximum atomic E-state index is 12.2. The Hall–Kier alpha value is -3.19. The highest BCUT2D eigenvalue weighted by Crippen LogP contribution is 2.18. The Morgan fingerprint density at radius 2 is 1.85 bits per heavy atom. The van der Waals surface area contributed by atoms with Crippen LogP contribution in [0.15, 0.2) is 59.4 Å². The lowest BCUT2D eigenvalue weighted by Crippen LogP contribution is -2.15. The zero-order chi connectivity index (χ0) is 19.1. The van der Waals surface area contributed by atoms with Gasteiger partial charge in [0.1, 0.15) is 18.1 Å². The maximum absolute atomic E-state index is 12.2. The smallest absolute Gasteiger partial charge is 0.338 e. The molecule has 0 aliphatic heterocycles. The fourth-order valence-corrected chi connectivity index (χ4v) is 2.86. The summed E-state index contributed by atoms with van der Waals surface area (Å²) in [6.45, 7) is 0.00197. The summed E-state index contributed by atoms with van der Waals surface area (Å²) < 4.78 is 15.8. The van der Waals surface area contributed by atoms with Crippen molar-refractivity contribution in [2.45, 2.75) is 6.61 Å². The lowest BCUT2D eigenvalue weighted by Gasteiger charge is -2.08. The number of hydrogen-bond acceptors (Lipinski definition) is 7. The highest BCUT2D eigenvalue weighted by molar-refractivity contribution is 7.07. The van der Waals surface area contributed by atoms with Gasteiger partial charge < -0.3 is 14.2 Å². The van der Waals surface area contributed by atoms with Crippen molar-refractivity contribution in [3.8, 4) is 11.5 Å². The normalized spacial score (nSPS) is 10.3. The first-order valence-electron chi connectivity index (χ1n) is 8.10. The van der Waals surface area contributed by atoms with Crippen molar-refractivity contribution in [3.05, 3.63) is 76.2 Å². The van der Waals surface area contributed by atoms with Crippen molar-refractivity contribution in [1.29, 1.82) is 0 Å². The molecule has 0 spiro atoms. The van der Waals surface area contributed by atoms with Crippen LogP contribution in [0.4, 0.5) is 0 Å². The summed E-state index contributed by atoms with van der Waals surface area (Å²) in [4.78, 5) is 28.5. The number of carbonyl (C=O) groups is 2. The van der Waals surface area contributed by atoms with E-state index in [9.17, 15) is 9.59 Å². The van der Waals surface area contributed by atoms with E-state index in [4.69, 9.17) is 14.2 Å². The second-order valence-electron chi connectivity index (χ2n) is 5.49. The fraction of sp³-hybridized carbons (Fsp3) is 0.150. The molecule has 0 bridgehead atoms. The highest BCUT2D eigenvalue weighted by atomic mass is 32.1. The second kappa shape index (κ2) is 8.95. The third-order valence-corrected chi connectivity index (χ3v) is 4.34. The van der Waals surface area contributed by atoms with Gasteiger partial charge in [0.15, 0.2) is 6.61 Å². The molecule has 27 heavy (non-hydrogen) atoms. The molecule has 0 radical (unpaired) electrons. The van der Waals surface area contributed by atoms with Crippen LogP contribution in [0.1, 0.15) is 26.4 Å². The molecule has 0 aliphatic carbocycles. The molecule has 0 saturated heterocycles. The molecule has 6 nitrogen and oxygen atoms in total. The van der Waals surface area contributed by atoms with Crippen LogP contribution in [0.3, 0.4) is 0 Å². The molecular weight excluding hydrogens is 366 g/mol. The molecule has 1 aromatic heterocycles. The van der Waals surface area contributed by atoms with E-state index in [1.54, 1.807) is 54.0 Å². The van der Waals surface area contributed by atoms with E-state index < -0.39 is 5.97 Å². The minimum atomic E-state index is -0.579. The molecule has 0 amide bonds. The molecule has 0 fully saturated rings. The van der Waals surface area contributed by atoms with E-state index >= 15 is 0 Å². The predicted octanol–water partition coefficient (Wildman–Crippen LogP) is 3.77. The Morgan fingerprint density at radius 3 is 2.56 bits per heavy atom. The van der Waals surface area contributed by atoms with Crippen LogP contribution in [0.25, 0.3) is 0 Å². The summed E-state index contributed by atoms with van der Waals surface area (Å²) in [6.07, 6.45) is 0. The number of Topliss-reactive ketones (excluding diaryl/α,β-unsaturated/α-hetero) is 1. The third kappa shape index (κ3) is 4.92. The van der Waals surface area contributed by atoms with Gasteiger partial charge in [0, 0.05) is 5.38 Å². The van der Waals surface area contributed by atoms with Crippen LogP contribution in [0.5, 0.6) is 11.5 Å². The van der Waals surface area contributed by atoms with Crippen LogP contribution in [-0.2, 0) is 11.3 Å². The van der Waals surface area contributed by atoms with Crippen LogP contribution in [0.2, 0.25) is 0 Å². The SMILES string of the molecule is COc1ccccc1C(=O)COC(=O)c1ccc(OCc2cscn2)cc1. The van der Waals surface area contributed by atoms with Gasteiger partial charge in [0.2, 0.25) is 5.78 Å². The van der Waals surface area contributed by atoms with Gasteiger partial charge in [0.05, 0.1) is 29.4 Å². The predicted molar refractivity (Wildman–Crippen MR) is 100 cm³/mol. The zero-order valence-electron chi connectivity index (χ0n) is 14.6. The first-order chi connectivity index (χ1) is 13.2. The van der Waals surface area contributed by atoms with E-state index in [1.165, 1.54) is 18.4 Å². The molecule has 0 aliphatic rings. The first kappa shape index (κ1) is 18.6. The summed E-state index contributed by atoms with van der Waals surface area (Å²) in [5, 5.41) is 1.91. The first-order valence-corrected chi connectivity index (χ1v) is 9.05. The van der Waals surface area contributed by atoms with Gasteiger partial charge in [-0.2, -0.15) is 0 Å². The summed E-state index contributed by atoms with van der Waals surface area (Å²) in [5.41, 5.74) is 3.30. The molecule has 0 unspecified atom stereocenters. The Kier molecular flexibility index (Phi) is 6.17. The number of methoxy groups -OCH3 is 1. The average molecular weight is 383 g/mol. The number of benzene rings is 2. The number of ether oxygens (including phenoxy) is 3. The van der Waals surface area contributed by atoms with Crippen molar-refractivity contribution in [2.24, 2.45) is 0 Å². The van der Waals surface area contributed by atoms with Crippen molar-refractivity contribution in [3.63, 3.8) is 0 Å². The van der Waals surface area contributed by atoms with Crippen LogP contribution in [0, 0.1) is 0 Å².